The number of amides is 2. The summed E-state index contributed by atoms with van der Waals surface area (Å²) in [5.74, 6) is 0. The highest BCUT2D eigenvalue weighted by Gasteiger charge is 2.44. The van der Waals surface area contributed by atoms with Gasteiger partial charge in [-0.1, -0.05) is 81.4 Å². The lowest BCUT2D eigenvalue weighted by molar-refractivity contribution is 0.0562. The van der Waals surface area contributed by atoms with Crippen LogP contribution in [0.5, 0.6) is 0 Å². The summed E-state index contributed by atoms with van der Waals surface area (Å²) in [7, 11) is -2.07. The molecule has 0 aromatic heterocycles. The summed E-state index contributed by atoms with van der Waals surface area (Å²) < 4.78 is 7.07. The Labute approximate surface area is 201 Å². The van der Waals surface area contributed by atoms with Gasteiger partial charge in [-0.05, 0) is 49.5 Å². The fourth-order valence-corrected chi connectivity index (χ4v) is 5.32. The van der Waals surface area contributed by atoms with Crippen molar-refractivity contribution in [3.63, 3.8) is 0 Å². The Bertz CT molecular complexity index is 897. The van der Waals surface area contributed by atoms with Crippen LogP contribution in [0.2, 0.25) is 18.1 Å². The van der Waals surface area contributed by atoms with E-state index in [1.807, 2.05) is 34.2 Å². The van der Waals surface area contributed by atoms with E-state index >= 15 is 0 Å². The van der Waals surface area contributed by atoms with Gasteiger partial charge in [0.1, 0.15) is 0 Å². The molecule has 33 heavy (non-hydrogen) atoms. The van der Waals surface area contributed by atoms with Crippen LogP contribution in [0.1, 0.15) is 45.7 Å². The van der Waals surface area contributed by atoms with Gasteiger partial charge in [-0.2, -0.15) is 0 Å². The second-order valence-corrected chi connectivity index (χ2v) is 15.7. The van der Waals surface area contributed by atoms with E-state index in [0.717, 1.165) is 12.0 Å². The average Bonchev–Trinajstić information content (AvgIpc) is 2.86. The van der Waals surface area contributed by atoms with E-state index in [1.54, 1.807) is 0 Å². The van der Waals surface area contributed by atoms with Crippen molar-refractivity contribution < 1.29 is 9.22 Å². The van der Waals surface area contributed by atoms with Gasteiger partial charge in [0.25, 0.3) is 0 Å². The molecule has 1 aliphatic rings. The minimum absolute atomic E-state index is 0.0604. The number of urea groups is 1. The quantitative estimate of drug-likeness (QED) is 0.520. The zero-order valence-electron chi connectivity index (χ0n) is 21.3. The second-order valence-electron chi connectivity index (χ2n) is 11.0. The molecule has 2 amide bonds. The molecule has 1 fully saturated rings. The molecule has 2 aromatic rings. The van der Waals surface area contributed by atoms with Gasteiger partial charge in [-0.15, -0.1) is 0 Å². The third-order valence-corrected chi connectivity index (χ3v) is 11.6. The largest absolute Gasteiger partial charge is 0.410 e. The first-order valence-electron chi connectivity index (χ1n) is 12.1. The average molecular weight is 468 g/mol. The predicted octanol–water partition coefficient (Wildman–Crippen LogP) is 5.84. The van der Waals surface area contributed by atoms with Crippen molar-refractivity contribution in [2.45, 2.75) is 83.9 Å². The molecule has 180 valence electrons. The molecule has 0 saturated carbocycles. The van der Waals surface area contributed by atoms with Gasteiger partial charge in [0.2, 0.25) is 0 Å². The summed E-state index contributed by atoms with van der Waals surface area (Å²) in [4.78, 5) is 15.6. The number of rotatable bonds is 7. The van der Waals surface area contributed by atoms with Gasteiger partial charge in [-0.25, -0.2) is 9.80 Å². The first-order chi connectivity index (χ1) is 15.5. The molecule has 0 aliphatic carbocycles. The lowest BCUT2D eigenvalue weighted by atomic mass is 9.99. The highest BCUT2D eigenvalue weighted by molar-refractivity contribution is 6.74. The molecule has 3 rings (SSSR count). The first-order valence-corrected chi connectivity index (χ1v) is 15.0. The normalized spacial score (nSPS) is 20.6. The first kappa shape index (κ1) is 25.5. The zero-order chi connectivity index (χ0) is 24.2. The second kappa shape index (κ2) is 10.4. The Hall–Kier alpha value is -2.15. The van der Waals surface area contributed by atoms with Crippen molar-refractivity contribution in [3.8, 4) is 0 Å². The molecular weight excluding hydrogens is 426 g/mol. The van der Waals surface area contributed by atoms with Crippen LogP contribution in [0.25, 0.3) is 0 Å². The van der Waals surface area contributed by atoms with Crippen LogP contribution < -0.4 is 5.43 Å². The summed E-state index contributed by atoms with van der Waals surface area (Å²) in [6.07, 6.45) is 0.655. The minimum Gasteiger partial charge on any atom is -0.410 e. The Morgan fingerprint density at radius 2 is 1.55 bits per heavy atom. The van der Waals surface area contributed by atoms with Crippen molar-refractivity contribution >= 4 is 14.3 Å². The van der Waals surface area contributed by atoms with Crippen LogP contribution in [0, 0.1) is 0 Å². The van der Waals surface area contributed by atoms with Crippen molar-refractivity contribution in [1.29, 1.82) is 0 Å². The van der Waals surface area contributed by atoms with Crippen LogP contribution in [0.15, 0.2) is 60.7 Å². The summed E-state index contributed by atoms with van der Waals surface area (Å²) in [6.45, 7) is 16.9. The highest BCUT2D eigenvalue weighted by atomic mass is 28.4. The molecule has 2 atom stereocenters. The summed E-state index contributed by atoms with van der Waals surface area (Å²) >= 11 is 0. The molecule has 1 aliphatic heterocycles. The standard InChI is InChI=1S/C27H41N3O2Si/c1-21(2)30-20-25(32-33(6,7)27(3,4)5)24(18-22-14-10-8-11-15-22)29(26(31)28-30)19-23-16-12-9-13-17-23/h8-17,21,24-25H,18-20H2,1-7H3,(H,28,31)/t24-,25-/m0/s1. The molecule has 1 N–H and O–H groups in total. The van der Waals surface area contributed by atoms with Crippen LogP contribution in [-0.2, 0) is 17.4 Å². The number of hydrazine groups is 1. The summed E-state index contributed by atoms with van der Waals surface area (Å²) in [6, 6.07) is 20.7. The third-order valence-electron chi connectivity index (χ3n) is 7.07. The molecule has 0 unspecified atom stereocenters. The maximum Gasteiger partial charge on any atom is 0.332 e. The van der Waals surface area contributed by atoms with E-state index < -0.39 is 8.32 Å². The molecule has 2 aromatic carbocycles. The van der Waals surface area contributed by atoms with E-state index in [4.69, 9.17) is 4.43 Å². The SMILES string of the molecule is CC(C)N1C[C@H](O[Si](C)(C)C(C)(C)C)[C@H](Cc2ccccc2)N(Cc2ccccc2)C(=O)N1. The Kier molecular flexibility index (Phi) is 8.03. The summed E-state index contributed by atoms with van der Waals surface area (Å²) in [5.41, 5.74) is 5.51. The van der Waals surface area contributed by atoms with Crippen molar-refractivity contribution in [3.05, 3.63) is 71.8 Å². The Morgan fingerprint density at radius 1 is 1.00 bits per heavy atom. The lowest BCUT2D eigenvalue weighted by Gasteiger charge is -2.43. The highest BCUT2D eigenvalue weighted by Crippen LogP contribution is 2.38. The van der Waals surface area contributed by atoms with Gasteiger partial charge >= 0.3 is 6.03 Å². The van der Waals surface area contributed by atoms with Crippen molar-refractivity contribution in [1.82, 2.24) is 15.3 Å². The minimum atomic E-state index is -2.07. The number of hydrogen-bond acceptors (Lipinski definition) is 3. The van der Waals surface area contributed by atoms with Gasteiger partial charge in [0, 0.05) is 19.1 Å². The van der Waals surface area contributed by atoms with E-state index in [1.165, 1.54) is 5.56 Å². The zero-order valence-corrected chi connectivity index (χ0v) is 22.3. The number of carbonyl (C=O) groups excluding carboxylic acids is 1. The number of benzene rings is 2. The third kappa shape index (κ3) is 6.46. The molecule has 1 heterocycles. The predicted molar refractivity (Wildman–Crippen MR) is 138 cm³/mol. The molecule has 0 radical (unpaired) electrons. The van der Waals surface area contributed by atoms with Gasteiger partial charge in [0.15, 0.2) is 8.32 Å². The fourth-order valence-electron chi connectivity index (χ4n) is 3.98. The molecule has 5 nitrogen and oxygen atoms in total. The lowest BCUT2D eigenvalue weighted by Crippen LogP contribution is -2.54. The van der Waals surface area contributed by atoms with Crippen LogP contribution in [0.4, 0.5) is 4.79 Å². The Morgan fingerprint density at radius 3 is 2.06 bits per heavy atom. The van der Waals surface area contributed by atoms with E-state index in [0.29, 0.717) is 13.1 Å². The molecule has 6 heteroatoms. The van der Waals surface area contributed by atoms with E-state index in [9.17, 15) is 4.79 Å². The van der Waals surface area contributed by atoms with E-state index in [2.05, 4.69) is 89.5 Å². The van der Waals surface area contributed by atoms with Crippen LogP contribution in [0.3, 0.4) is 0 Å². The Balaban J connectivity index is 2.04. The van der Waals surface area contributed by atoms with Crippen molar-refractivity contribution in [2.24, 2.45) is 0 Å². The fraction of sp³-hybridized carbons (Fsp3) is 0.519. The van der Waals surface area contributed by atoms with E-state index in [-0.39, 0.29) is 29.3 Å². The monoisotopic (exact) mass is 467 g/mol. The maximum atomic E-state index is 13.6. The summed E-state index contributed by atoms with van der Waals surface area (Å²) in [5, 5.41) is 2.13. The number of nitrogens with one attached hydrogen (secondary N) is 1. The molecule has 0 bridgehead atoms. The smallest absolute Gasteiger partial charge is 0.332 e. The van der Waals surface area contributed by atoms with Gasteiger partial charge in [-0.3, -0.25) is 5.43 Å². The van der Waals surface area contributed by atoms with Crippen LogP contribution >= 0.6 is 0 Å². The van der Waals surface area contributed by atoms with Crippen molar-refractivity contribution in [2.75, 3.05) is 6.54 Å². The topological polar surface area (TPSA) is 44.8 Å². The van der Waals surface area contributed by atoms with Gasteiger partial charge < -0.3 is 9.33 Å². The molecular formula is C27H41N3O2Si. The molecule has 1 saturated heterocycles. The maximum absolute atomic E-state index is 13.6. The number of nitrogens with zero attached hydrogens (tertiary/aromatic N) is 2. The van der Waals surface area contributed by atoms with Crippen LogP contribution in [-0.4, -0.2) is 49.0 Å². The molecule has 0 spiro atoms. The van der Waals surface area contributed by atoms with Gasteiger partial charge in [0.05, 0.1) is 12.1 Å². The number of hydrogen-bond donors (Lipinski definition) is 1. The number of carbonyl (C=O) groups is 1.